The smallest absolute Gasteiger partial charge is 0.265 e. The monoisotopic (exact) mass is 291 g/mol. The number of benzene rings is 1. The molecule has 96 valence electrons. The molecular weight excluding hydrogens is 282 g/mol. The predicted octanol–water partition coefficient (Wildman–Crippen LogP) is 2.28. The molecule has 0 radical (unpaired) electrons. The summed E-state index contributed by atoms with van der Waals surface area (Å²) in [5.41, 5.74) is 1.37. The molecule has 0 aliphatic rings. The normalized spacial score (nSPS) is 9.58. The van der Waals surface area contributed by atoms with Gasteiger partial charge in [0.1, 0.15) is 4.88 Å². The lowest BCUT2D eigenvalue weighted by Crippen LogP contribution is -2.23. The van der Waals surface area contributed by atoms with Crippen LogP contribution < -0.4 is 5.32 Å². The summed E-state index contributed by atoms with van der Waals surface area (Å²) >= 11 is 7.04. The van der Waals surface area contributed by atoms with Crippen molar-refractivity contribution >= 4 is 29.0 Å². The van der Waals surface area contributed by atoms with Gasteiger partial charge >= 0.3 is 0 Å². The van der Waals surface area contributed by atoms with E-state index in [1.54, 1.807) is 13.0 Å². The molecule has 6 heteroatoms. The van der Waals surface area contributed by atoms with E-state index >= 15 is 0 Å². The van der Waals surface area contributed by atoms with Crippen molar-refractivity contribution in [2.24, 2.45) is 0 Å². The van der Waals surface area contributed by atoms with Gasteiger partial charge in [-0.15, -0.1) is 5.10 Å². The van der Waals surface area contributed by atoms with E-state index in [1.807, 2.05) is 18.2 Å². The molecule has 1 aromatic heterocycles. The number of aromatic nitrogens is 2. The van der Waals surface area contributed by atoms with Crippen molar-refractivity contribution in [1.29, 1.82) is 0 Å². The quantitative estimate of drug-likeness (QED) is 0.864. The number of nitrogens with one attached hydrogen (secondary N) is 1. The molecule has 1 aromatic carbocycles. The maximum Gasteiger partial charge on any atom is 0.265 e. The zero-order chi connectivity index (χ0) is 13.7. The van der Waals surface area contributed by atoms with E-state index in [4.69, 9.17) is 11.6 Å². The van der Waals surface area contributed by atoms with Crippen LogP contribution in [-0.2, 0) is 0 Å². The number of nitrogens with zero attached hydrogens (tertiary/aromatic N) is 2. The number of rotatable bonds is 2. The highest BCUT2D eigenvalue weighted by Gasteiger charge is 2.11. The average Bonchev–Trinajstić information content (AvgIpc) is 2.82. The Morgan fingerprint density at radius 3 is 2.95 bits per heavy atom. The third-order valence-electron chi connectivity index (χ3n) is 2.29. The Morgan fingerprint density at radius 2 is 2.26 bits per heavy atom. The molecule has 2 rings (SSSR count). The van der Waals surface area contributed by atoms with Crippen molar-refractivity contribution in [1.82, 2.24) is 14.9 Å². The van der Waals surface area contributed by atoms with E-state index in [0.29, 0.717) is 15.6 Å². The summed E-state index contributed by atoms with van der Waals surface area (Å²) < 4.78 is 3.71. The number of aryl methyl sites for hydroxylation is 1. The third-order valence-corrected chi connectivity index (χ3v) is 3.45. The Hall–Kier alpha value is -1.90. The lowest BCUT2D eigenvalue weighted by Gasteiger charge is -1.97. The number of hydrogen-bond acceptors (Lipinski definition) is 4. The van der Waals surface area contributed by atoms with Gasteiger partial charge in [-0.1, -0.05) is 40.1 Å². The van der Waals surface area contributed by atoms with Crippen molar-refractivity contribution in [3.8, 4) is 11.8 Å². The fourth-order valence-corrected chi connectivity index (χ4v) is 2.10. The van der Waals surface area contributed by atoms with E-state index < -0.39 is 0 Å². The molecule has 2 aromatic rings. The minimum absolute atomic E-state index is 0.207. The Labute approximate surface area is 120 Å². The first kappa shape index (κ1) is 13.5. The van der Waals surface area contributed by atoms with Gasteiger partial charge in [-0.3, -0.25) is 4.79 Å². The van der Waals surface area contributed by atoms with Crippen LogP contribution in [-0.4, -0.2) is 22.0 Å². The van der Waals surface area contributed by atoms with Crippen LogP contribution in [0.4, 0.5) is 0 Å². The van der Waals surface area contributed by atoms with Crippen molar-refractivity contribution in [3.05, 3.63) is 45.4 Å². The Bertz CT molecular complexity index is 657. The summed E-state index contributed by atoms with van der Waals surface area (Å²) in [5, 5.41) is 7.07. The molecule has 1 amide bonds. The molecule has 1 heterocycles. The van der Waals surface area contributed by atoms with Gasteiger partial charge in [0.25, 0.3) is 5.91 Å². The van der Waals surface area contributed by atoms with Crippen molar-refractivity contribution in [3.63, 3.8) is 0 Å². The van der Waals surface area contributed by atoms with Gasteiger partial charge in [-0.05, 0) is 30.6 Å². The Balaban J connectivity index is 1.93. The first-order valence-electron chi connectivity index (χ1n) is 5.49. The van der Waals surface area contributed by atoms with Crippen LogP contribution in [0.3, 0.4) is 0 Å². The van der Waals surface area contributed by atoms with Gasteiger partial charge in [0.2, 0.25) is 0 Å². The van der Waals surface area contributed by atoms with Crippen LogP contribution in [0.2, 0.25) is 5.02 Å². The zero-order valence-electron chi connectivity index (χ0n) is 10.1. The number of amides is 1. The van der Waals surface area contributed by atoms with E-state index in [-0.39, 0.29) is 12.5 Å². The summed E-state index contributed by atoms with van der Waals surface area (Å²) in [5.74, 6) is 5.55. The van der Waals surface area contributed by atoms with Crippen molar-refractivity contribution in [2.45, 2.75) is 6.92 Å². The predicted molar refractivity (Wildman–Crippen MR) is 75.3 cm³/mol. The van der Waals surface area contributed by atoms with Gasteiger partial charge in [-0.25, -0.2) is 0 Å². The minimum atomic E-state index is -0.207. The maximum atomic E-state index is 11.7. The van der Waals surface area contributed by atoms with Crippen LogP contribution in [0.5, 0.6) is 0 Å². The second kappa shape index (κ2) is 6.32. The Kier molecular flexibility index (Phi) is 4.50. The second-order valence-corrected chi connectivity index (χ2v) is 4.81. The fourth-order valence-electron chi connectivity index (χ4n) is 1.35. The second-order valence-electron chi connectivity index (χ2n) is 3.65. The molecule has 19 heavy (non-hydrogen) atoms. The molecule has 0 unspecified atom stereocenters. The van der Waals surface area contributed by atoms with Crippen LogP contribution in [0.1, 0.15) is 20.9 Å². The highest BCUT2D eigenvalue weighted by atomic mass is 35.5. The summed E-state index contributed by atoms with van der Waals surface area (Å²) in [6, 6.07) is 7.31. The summed E-state index contributed by atoms with van der Waals surface area (Å²) in [4.78, 5) is 12.2. The molecule has 0 bridgehead atoms. The summed E-state index contributed by atoms with van der Waals surface area (Å²) in [6.07, 6.45) is 0. The minimum Gasteiger partial charge on any atom is -0.340 e. The SMILES string of the molecule is Cc1nnsc1C(=O)NCC#Cc1ccccc1Cl. The molecule has 0 fully saturated rings. The van der Waals surface area contributed by atoms with E-state index in [1.165, 1.54) is 0 Å². The molecular formula is C13H10ClN3OS. The number of halogens is 1. The molecule has 0 spiro atoms. The van der Waals surface area contributed by atoms with Crippen LogP contribution in [0.15, 0.2) is 24.3 Å². The molecule has 1 N–H and O–H groups in total. The molecule has 0 saturated carbocycles. The van der Waals surface area contributed by atoms with Gasteiger partial charge in [0.05, 0.1) is 17.3 Å². The van der Waals surface area contributed by atoms with Crippen LogP contribution in [0, 0.1) is 18.8 Å². The average molecular weight is 292 g/mol. The highest BCUT2D eigenvalue weighted by molar-refractivity contribution is 7.07. The molecule has 0 aliphatic heterocycles. The molecule has 4 nitrogen and oxygen atoms in total. The third kappa shape index (κ3) is 3.53. The highest BCUT2D eigenvalue weighted by Crippen LogP contribution is 2.12. The van der Waals surface area contributed by atoms with Gasteiger partial charge in [0, 0.05) is 5.56 Å². The molecule has 0 saturated heterocycles. The van der Waals surface area contributed by atoms with Crippen LogP contribution >= 0.6 is 23.1 Å². The maximum absolute atomic E-state index is 11.7. The summed E-state index contributed by atoms with van der Waals surface area (Å²) in [6.45, 7) is 2.00. The van der Waals surface area contributed by atoms with E-state index in [2.05, 4.69) is 26.7 Å². The molecule has 0 atom stereocenters. The largest absolute Gasteiger partial charge is 0.340 e. The lowest BCUT2D eigenvalue weighted by molar-refractivity contribution is 0.0962. The van der Waals surface area contributed by atoms with Gasteiger partial charge in [0.15, 0.2) is 0 Å². The standard InChI is InChI=1S/C13H10ClN3OS/c1-9-12(19-17-16-9)13(18)15-8-4-6-10-5-2-3-7-11(10)14/h2-3,5,7H,8H2,1H3,(H,15,18). The van der Waals surface area contributed by atoms with Crippen LogP contribution in [0.25, 0.3) is 0 Å². The first-order chi connectivity index (χ1) is 9.18. The fraction of sp³-hybridized carbons (Fsp3) is 0.154. The number of carbonyl (C=O) groups is 1. The zero-order valence-corrected chi connectivity index (χ0v) is 11.7. The Morgan fingerprint density at radius 1 is 1.47 bits per heavy atom. The topological polar surface area (TPSA) is 54.9 Å². The van der Waals surface area contributed by atoms with Crippen molar-refractivity contribution < 1.29 is 4.79 Å². The number of hydrogen-bond donors (Lipinski definition) is 1. The summed E-state index contributed by atoms with van der Waals surface area (Å²) in [7, 11) is 0. The van der Waals surface area contributed by atoms with E-state index in [0.717, 1.165) is 17.1 Å². The number of carbonyl (C=O) groups excluding carboxylic acids is 1. The lowest BCUT2D eigenvalue weighted by atomic mass is 10.2. The van der Waals surface area contributed by atoms with Gasteiger partial charge in [-0.2, -0.15) is 0 Å². The van der Waals surface area contributed by atoms with Crippen molar-refractivity contribution in [2.75, 3.05) is 6.54 Å². The first-order valence-corrected chi connectivity index (χ1v) is 6.64. The molecule has 0 aliphatic carbocycles. The van der Waals surface area contributed by atoms with E-state index in [9.17, 15) is 4.79 Å². The van der Waals surface area contributed by atoms with Gasteiger partial charge < -0.3 is 5.32 Å².